The Bertz CT molecular complexity index is 353. The molecule has 98 valence electrons. The Morgan fingerprint density at radius 3 is 2.39 bits per heavy atom. The third-order valence-electron chi connectivity index (χ3n) is 4.24. The van der Waals surface area contributed by atoms with Crippen LogP contribution >= 0.6 is 0 Å². The van der Waals surface area contributed by atoms with Crippen LogP contribution in [0.1, 0.15) is 31.2 Å². The summed E-state index contributed by atoms with van der Waals surface area (Å²) >= 11 is 0. The molecule has 1 aromatic rings. The molecule has 18 heavy (non-hydrogen) atoms. The molecule has 1 aliphatic heterocycles. The van der Waals surface area contributed by atoms with Crippen molar-refractivity contribution in [2.75, 3.05) is 19.6 Å². The van der Waals surface area contributed by atoms with Crippen LogP contribution in [0.3, 0.4) is 0 Å². The van der Waals surface area contributed by atoms with Crippen molar-refractivity contribution in [3.05, 3.63) is 35.9 Å². The second-order valence-electron chi connectivity index (χ2n) is 5.84. The smallest absolute Gasteiger partial charge is 0.0236 e. The number of piperidine rings is 1. The first-order chi connectivity index (χ1) is 8.92. The molecule has 0 bridgehead atoms. The van der Waals surface area contributed by atoms with Crippen molar-refractivity contribution < 1.29 is 0 Å². The fourth-order valence-electron chi connectivity index (χ4n) is 2.96. The van der Waals surface area contributed by atoms with Gasteiger partial charge in [0.05, 0.1) is 0 Å². The molecule has 2 heteroatoms. The molecule has 1 heterocycles. The Morgan fingerprint density at radius 1 is 1.00 bits per heavy atom. The minimum Gasteiger partial charge on any atom is -0.317 e. The summed E-state index contributed by atoms with van der Waals surface area (Å²) in [5.74, 6) is 0.989. The van der Waals surface area contributed by atoms with E-state index >= 15 is 0 Å². The summed E-state index contributed by atoms with van der Waals surface area (Å²) in [5.41, 5.74) is 1.47. The van der Waals surface area contributed by atoms with E-state index < -0.39 is 0 Å². The van der Waals surface area contributed by atoms with Crippen LogP contribution in [-0.2, 0) is 6.54 Å². The molecule has 0 aromatic heterocycles. The molecule has 0 spiro atoms. The molecular weight excluding hydrogens is 220 g/mol. The van der Waals surface area contributed by atoms with Crippen LogP contribution in [0.2, 0.25) is 0 Å². The van der Waals surface area contributed by atoms with Crippen molar-refractivity contribution in [3.63, 3.8) is 0 Å². The normalized spacial score (nSPS) is 21.4. The SMILES string of the molecule is c1ccc(CN(CC2CC2)C2CCNCC2)cc1. The van der Waals surface area contributed by atoms with Gasteiger partial charge in [0.1, 0.15) is 0 Å². The van der Waals surface area contributed by atoms with E-state index in [4.69, 9.17) is 0 Å². The topological polar surface area (TPSA) is 15.3 Å². The maximum Gasteiger partial charge on any atom is 0.0236 e. The highest BCUT2D eigenvalue weighted by atomic mass is 15.2. The van der Waals surface area contributed by atoms with E-state index in [-0.39, 0.29) is 0 Å². The van der Waals surface area contributed by atoms with Crippen LogP contribution < -0.4 is 5.32 Å². The molecule has 1 aliphatic carbocycles. The van der Waals surface area contributed by atoms with Crippen LogP contribution in [0.15, 0.2) is 30.3 Å². The quantitative estimate of drug-likeness (QED) is 0.856. The zero-order chi connectivity index (χ0) is 12.2. The van der Waals surface area contributed by atoms with Crippen molar-refractivity contribution in [2.24, 2.45) is 5.92 Å². The Morgan fingerprint density at radius 2 is 1.72 bits per heavy atom. The Labute approximate surface area is 110 Å². The van der Waals surface area contributed by atoms with Gasteiger partial charge in [-0.05, 0) is 50.3 Å². The molecule has 1 N–H and O–H groups in total. The Kier molecular flexibility index (Phi) is 3.96. The van der Waals surface area contributed by atoms with E-state index in [9.17, 15) is 0 Å². The van der Waals surface area contributed by atoms with Gasteiger partial charge in [-0.1, -0.05) is 30.3 Å². The largest absolute Gasteiger partial charge is 0.317 e. The second kappa shape index (κ2) is 5.85. The lowest BCUT2D eigenvalue weighted by atomic mass is 10.0. The summed E-state index contributed by atoms with van der Waals surface area (Å²) in [7, 11) is 0. The van der Waals surface area contributed by atoms with Gasteiger partial charge in [0.25, 0.3) is 0 Å². The van der Waals surface area contributed by atoms with E-state index in [2.05, 4.69) is 40.5 Å². The molecule has 0 radical (unpaired) electrons. The number of nitrogens with zero attached hydrogens (tertiary/aromatic N) is 1. The number of benzene rings is 1. The van der Waals surface area contributed by atoms with Crippen LogP contribution in [0.5, 0.6) is 0 Å². The van der Waals surface area contributed by atoms with E-state index in [0.29, 0.717) is 0 Å². The summed E-state index contributed by atoms with van der Waals surface area (Å²) in [5, 5.41) is 3.48. The zero-order valence-corrected chi connectivity index (χ0v) is 11.1. The Hall–Kier alpha value is -0.860. The van der Waals surface area contributed by atoms with Gasteiger partial charge < -0.3 is 5.32 Å². The van der Waals surface area contributed by atoms with Gasteiger partial charge >= 0.3 is 0 Å². The maximum atomic E-state index is 3.48. The van der Waals surface area contributed by atoms with Crippen LogP contribution in [0.4, 0.5) is 0 Å². The lowest BCUT2D eigenvalue weighted by Gasteiger charge is -2.35. The van der Waals surface area contributed by atoms with Crippen molar-refractivity contribution in [1.82, 2.24) is 10.2 Å². The first-order valence-electron chi connectivity index (χ1n) is 7.40. The highest BCUT2D eigenvalue weighted by Crippen LogP contribution is 2.31. The van der Waals surface area contributed by atoms with Crippen LogP contribution in [0, 0.1) is 5.92 Å². The van der Waals surface area contributed by atoms with Gasteiger partial charge in [0, 0.05) is 19.1 Å². The summed E-state index contributed by atoms with van der Waals surface area (Å²) in [6.07, 6.45) is 5.55. The van der Waals surface area contributed by atoms with Crippen LogP contribution in [0.25, 0.3) is 0 Å². The molecule has 2 aliphatic rings. The molecule has 1 saturated carbocycles. The second-order valence-corrected chi connectivity index (χ2v) is 5.84. The van der Waals surface area contributed by atoms with Gasteiger partial charge in [0.15, 0.2) is 0 Å². The van der Waals surface area contributed by atoms with Crippen molar-refractivity contribution >= 4 is 0 Å². The standard InChI is InChI=1S/C16H24N2/c1-2-4-14(5-3-1)12-18(13-15-6-7-15)16-8-10-17-11-9-16/h1-5,15-17H,6-13H2. The number of hydrogen-bond donors (Lipinski definition) is 1. The van der Waals surface area contributed by atoms with Gasteiger partial charge in [-0.2, -0.15) is 0 Å². The fourth-order valence-corrected chi connectivity index (χ4v) is 2.96. The van der Waals surface area contributed by atoms with Gasteiger partial charge in [-0.25, -0.2) is 0 Å². The molecular formula is C16H24N2. The summed E-state index contributed by atoms with van der Waals surface area (Å²) in [6, 6.07) is 11.8. The minimum absolute atomic E-state index is 0.798. The molecule has 3 rings (SSSR count). The lowest BCUT2D eigenvalue weighted by Crippen LogP contribution is -2.43. The molecule has 2 fully saturated rings. The first-order valence-corrected chi connectivity index (χ1v) is 7.40. The molecule has 1 aromatic carbocycles. The van der Waals surface area contributed by atoms with Crippen molar-refractivity contribution in [2.45, 2.75) is 38.3 Å². The molecule has 1 saturated heterocycles. The fraction of sp³-hybridized carbons (Fsp3) is 0.625. The van der Waals surface area contributed by atoms with Gasteiger partial charge in [0.2, 0.25) is 0 Å². The molecule has 0 unspecified atom stereocenters. The Balaban J connectivity index is 1.64. The third-order valence-corrected chi connectivity index (χ3v) is 4.24. The number of nitrogens with one attached hydrogen (secondary N) is 1. The summed E-state index contributed by atoms with van der Waals surface area (Å²) in [4.78, 5) is 2.74. The van der Waals surface area contributed by atoms with E-state index in [0.717, 1.165) is 18.5 Å². The first kappa shape index (κ1) is 12.2. The van der Waals surface area contributed by atoms with Crippen LogP contribution in [-0.4, -0.2) is 30.6 Å². The van der Waals surface area contributed by atoms with E-state index in [1.165, 1.54) is 50.9 Å². The van der Waals surface area contributed by atoms with Gasteiger partial charge in [-0.3, -0.25) is 4.90 Å². The monoisotopic (exact) mass is 244 g/mol. The maximum absolute atomic E-state index is 3.48. The summed E-state index contributed by atoms with van der Waals surface area (Å²) in [6.45, 7) is 4.85. The average Bonchev–Trinajstić information content (AvgIpc) is 3.24. The van der Waals surface area contributed by atoms with Crippen molar-refractivity contribution in [1.29, 1.82) is 0 Å². The molecule has 2 nitrogen and oxygen atoms in total. The summed E-state index contributed by atoms with van der Waals surface area (Å²) < 4.78 is 0. The van der Waals surface area contributed by atoms with E-state index in [1.807, 2.05) is 0 Å². The number of hydrogen-bond acceptors (Lipinski definition) is 2. The predicted molar refractivity (Wildman–Crippen MR) is 75.5 cm³/mol. The number of rotatable bonds is 5. The average molecular weight is 244 g/mol. The van der Waals surface area contributed by atoms with Crippen molar-refractivity contribution in [3.8, 4) is 0 Å². The predicted octanol–water partition coefficient (Wildman–Crippen LogP) is 2.65. The van der Waals surface area contributed by atoms with Gasteiger partial charge in [-0.15, -0.1) is 0 Å². The lowest BCUT2D eigenvalue weighted by molar-refractivity contribution is 0.147. The molecule has 0 amide bonds. The highest BCUT2D eigenvalue weighted by Gasteiger charge is 2.28. The highest BCUT2D eigenvalue weighted by molar-refractivity contribution is 5.14. The zero-order valence-electron chi connectivity index (χ0n) is 11.1. The minimum atomic E-state index is 0.798. The molecule has 0 atom stereocenters. The third kappa shape index (κ3) is 3.33. The van der Waals surface area contributed by atoms with E-state index in [1.54, 1.807) is 0 Å².